The lowest BCUT2D eigenvalue weighted by Gasteiger charge is -2.13. The fourth-order valence-corrected chi connectivity index (χ4v) is 1.82. The van der Waals surface area contributed by atoms with Gasteiger partial charge in [-0.05, 0) is 17.5 Å². The predicted octanol–water partition coefficient (Wildman–Crippen LogP) is 0.747. The quantitative estimate of drug-likeness (QED) is 0.866. The van der Waals surface area contributed by atoms with Crippen LogP contribution in [-0.4, -0.2) is 34.3 Å². The second kappa shape index (κ2) is 6.06. The molecule has 6 nitrogen and oxygen atoms in total. The van der Waals surface area contributed by atoms with Gasteiger partial charge in [-0.1, -0.05) is 6.07 Å². The number of carbonyl (C=O) groups is 2. The zero-order valence-electron chi connectivity index (χ0n) is 9.41. The van der Waals surface area contributed by atoms with Crippen molar-refractivity contribution in [3.63, 3.8) is 0 Å². The third-order valence-electron chi connectivity index (χ3n) is 2.04. The molecule has 18 heavy (non-hydrogen) atoms. The number of carbonyl (C=O) groups excluding carboxylic acids is 2. The van der Waals surface area contributed by atoms with Crippen LogP contribution in [0.3, 0.4) is 0 Å². The monoisotopic (exact) mass is 265 g/mol. The van der Waals surface area contributed by atoms with Gasteiger partial charge in [0.25, 0.3) is 5.91 Å². The number of nitrogens with one attached hydrogen (secondary N) is 1. The third-order valence-corrected chi connectivity index (χ3v) is 2.75. The van der Waals surface area contributed by atoms with Gasteiger partial charge in [0, 0.05) is 12.4 Å². The summed E-state index contributed by atoms with van der Waals surface area (Å²) in [5.74, 6) is -0.356. The molecule has 1 aromatic heterocycles. The second-order valence-corrected chi connectivity index (χ2v) is 4.22. The highest BCUT2D eigenvalue weighted by molar-refractivity contribution is 8.02. The van der Waals surface area contributed by atoms with E-state index in [4.69, 9.17) is 4.84 Å². The number of hydrogen-bond donors (Lipinski definition) is 1. The van der Waals surface area contributed by atoms with Crippen molar-refractivity contribution in [1.29, 1.82) is 0 Å². The number of pyridine rings is 1. The molecule has 1 N–H and O–H groups in total. The van der Waals surface area contributed by atoms with Crippen molar-refractivity contribution in [3.8, 4) is 0 Å². The standard InChI is InChI=1S/C11H11N3O3S/c15-10(17-14-5-6-18-8-14)7-13-11(16)9-3-1-2-4-12-9/h1-6H,7-8H2,(H,13,16). The molecule has 94 valence electrons. The molecule has 0 fully saturated rings. The van der Waals surface area contributed by atoms with Crippen LogP contribution in [-0.2, 0) is 9.63 Å². The summed E-state index contributed by atoms with van der Waals surface area (Å²) in [5.41, 5.74) is 0.266. The first kappa shape index (κ1) is 12.4. The minimum Gasteiger partial charge on any atom is -0.340 e. The molecule has 0 bridgehead atoms. The number of thioether (sulfide) groups is 1. The van der Waals surface area contributed by atoms with E-state index in [1.54, 1.807) is 24.4 Å². The molecule has 0 spiro atoms. The molecular weight excluding hydrogens is 254 g/mol. The van der Waals surface area contributed by atoms with Gasteiger partial charge in [-0.15, -0.1) is 11.8 Å². The van der Waals surface area contributed by atoms with Crippen LogP contribution in [0, 0.1) is 0 Å². The second-order valence-electron chi connectivity index (χ2n) is 3.36. The van der Waals surface area contributed by atoms with Crippen molar-refractivity contribution in [2.75, 3.05) is 12.4 Å². The van der Waals surface area contributed by atoms with Crippen LogP contribution in [0.2, 0.25) is 0 Å². The van der Waals surface area contributed by atoms with Crippen LogP contribution in [0.15, 0.2) is 36.0 Å². The van der Waals surface area contributed by atoms with E-state index in [-0.39, 0.29) is 12.2 Å². The van der Waals surface area contributed by atoms with E-state index in [0.717, 1.165) is 0 Å². The van der Waals surface area contributed by atoms with E-state index in [0.29, 0.717) is 5.88 Å². The molecule has 1 aromatic rings. The Balaban J connectivity index is 1.75. The van der Waals surface area contributed by atoms with E-state index < -0.39 is 11.9 Å². The van der Waals surface area contributed by atoms with Crippen LogP contribution in [0.5, 0.6) is 0 Å². The van der Waals surface area contributed by atoms with Gasteiger partial charge >= 0.3 is 5.97 Å². The predicted molar refractivity (Wildman–Crippen MR) is 66.1 cm³/mol. The molecule has 0 saturated carbocycles. The molecule has 2 heterocycles. The molecule has 0 aromatic carbocycles. The summed E-state index contributed by atoms with van der Waals surface area (Å²) < 4.78 is 0. The van der Waals surface area contributed by atoms with Crippen LogP contribution in [0.1, 0.15) is 10.5 Å². The number of nitrogens with zero attached hydrogens (tertiary/aromatic N) is 2. The van der Waals surface area contributed by atoms with Gasteiger partial charge < -0.3 is 10.2 Å². The first-order valence-corrected chi connectivity index (χ1v) is 6.25. The van der Waals surface area contributed by atoms with Crippen LogP contribution in [0.25, 0.3) is 0 Å². The fraction of sp³-hybridized carbons (Fsp3) is 0.182. The summed E-state index contributed by atoms with van der Waals surface area (Å²) in [6.45, 7) is -0.190. The molecule has 7 heteroatoms. The van der Waals surface area contributed by atoms with Gasteiger partial charge in [0.05, 0.1) is 0 Å². The molecule has 1 aliphatic rings. The summed E-state index contributed by atoms with van der Waals surface area (Å²) in [5, 5.41) is 5.66. The van der Waals surface area contributed by atoms with Gasteiger partial charge in [-0.25, -0.2) is 9.86 Å². The SMILES string of the molecule is O=C(CNC(=O)c1ccccn1)ON1C=CSC1. The number of amides is 1. The zero-order valence-corrected chi connectivity index (χ0v) is 10.2. The lowest BCUT2D eigenvalue weighted by atomic mass is 10.3. The molecule has 0 radical (unpaired) electrons. The Morgan fingerprint density at radius 1 is 1.50 bits per heavy atom. The zero-order chi connectivity index (χ0) is 12.8. The summed E-state index contributed by atoms with van der Waals surface area (Å²) >= 11 is 1.52. The topological polar surface area (TPSA) is 71.5 Å². The number of aromatic nitrogens is 1. The van der Waals surface area contributed by atoms with E-state index in [1.165, 1.54) is 23.0 Å². The Labute approximate surface area is 108 Å². The fourth-order valence-electron chi connectivity index (χ4n) is 1.23. The highest BCUT2D eigenvalue weighted by atomic mass is 32.2. The lowest BCUT2D eigenvalue weighted by molar-refractivity contribution is -0.172. The molecule has 0 unspecified atom stereocenters. The van der Waals surface area contributed by atoms with Crippen molar-refractivity contribution >= 4 is 23.6 Å². The van der Waals surface area contributed by atoms with Gasteiger partial charge in [0.15, 0.2) is 0 Å². The Hall–Kier alpha value is -2.02. The molecule has 0 saturated heterocycles. The summed E-state index contributed by atoms with van der Waals surface area (Å²) in [6.07, 6.45) is 3.17. The van der Waals surface area contributed by atoms with Crippen molar-refractivity contribution in [2.24, 2.45) is 0 Å². The summed E-state index contributed by atoms with van der Waals surface area (Å²) in [4.78, 5) is 31.8. The van der Waals surface area contributed by atoms with Gasteiger partial charge in [-0.2, -0.15) is 0 Å². The van der Waals surface area contributed by atoms with Gasteiger partial charge in [-0.3, -0.25) is 9.78 Å². The maximum Gasteiger partial charge on any atom is 0.351 e. The van der Waals surface area contributed by atoms with Crippen molar-refractivity contribution in [3.05, 3.63) is 41.7 Å². The van der Waals surface area contributed by atoms with Gasteiger partial charge in [0.1, 0.15) is 18.1 Å². The molecule has 1 aliphatic heterocycles. The third kappa shape index (κ3) is 3.49. The number of rotatable bonds is 4. The lowest BCUT2D eigenvalue weighted by Crippen LogP contribution is -2.33. The largest absolute Gasteiger partial charge is 0.351 e. The first-order chi connectivity index (χ1) is 8.75. The molecule has 0 atom stereocenters. The Bertz CT molecular complexity index is 464. The van der Waals surface area contributed by atoms with Gasteiger partial charge in [0.2, 0.25) is 0 Å². The van der Waals surface area contributed by atoms with Crippen molar-refractivity contribution in [1.82, 2.24) is 15.4 Å². The normalized spacial score (nSPS) is 13.4. The van der Waals surface area contributed by atoms with E-state index in [2.05, 4.69) is 10.3 Å². The van der Waals surface area contributed by atoms with E-state index >= 15 is 0 Å². The maximum absolute atomic E-state index is 11.6. The van der Waals surface area contributed by atoms with Crippen molar-refractivity contribution < 1.29 is 14.4 Å². The smallest absolute Gasteiger partial charge is 0.340 e. The Kier molecular flexibility index (Phi) is 4.19. The van der Waals surface area contributed by atoms with Crippen LogP contribution >= 0.6 is 11.8 Å². The Morgan fingerprint density at radius 2 is 2.39 bits per heavy atom. The molecule has 2 rings (SSSR count). The highest BCUT2D eigenvalue weighted by Crippen LogP contribution is 2.14. The molecule has 0 aliphatic carbocycles. The van der Waals surface area contributed by atoms with Crippen LogP contribution < -0.4 is 5.32 Å². The average molecular weight is 265 g/mol. The van der Waals surface area contributed by atoms with Crippen molar-refractivity contribution in [2.45, 2.75) is 0 Å². The number of hydroxylamine groups is 2. The summed E-state index contributed by atoms with van der Waals surface area (Å²) in [6, 6.07) is 4.98. The minimum absolute atomic E-state index is 0.190. The van der Waals surface area contributed by atoms with E-state index in [9.17, 15) is 9.59 Å². The first-order valence-electron chi connectivity index (χ1n) is 5.20. The Morgan fingerprint density at radius 3 is 3.06 bits per heavy atom. The number of hydrogen-bond acceptors (Lipinski definition) is 6. The molecular formula is C11H11N3O3S. The molecule has 1 amide bonds. The maximum atomic E-state index is 11.6. The summed E-state index contributed by atoms with van der Waals surface area (Å²) in [7, 11) is 0. The van der Waals surface area contributed by atoms with E-state index in [1.807, 2.05) is 5.41 Å². The van der Waals surface area contributed by atoms with Crippen LogP contribution in [0.4, 0.5) is 0 Å². The minimum atomic E-state index is -0.522. The highest BCUT2D eigenvalue weighted by Gasteiger charge is 2.13. The average Bonchev–Trinajstić information content (AvgIpc) is 2.90.